The van der Waals surface area contributed by atoms with Gasteiger partial charge in [0.15, 0.2) is 17.9 Å². The summed E-state index contributed by atoms with van der Waals surface area (Å²) in [5.41, 5.74) is 44.1. The van der Waals surface area contributed by atoms with Crippen molar-refractivity contribution in [3.8, 4) is 0 Å². The largest absolute Gasteiger partial charge is 0.388 e. The molecule has 2 aliphatic heterocycles. The number of carbonyl (C=O) groups excluding carboxylic acids is 8. The second-order valence-corrected chi connectivity index (χ2v) is 18.9. The van der Waals surface area contributed by atoms with Gasteiger partial charge in [0, 0.05) is 57.1 Å². The molecule has 8 atom stereocenters. The smallest absolute Gasteiger partial charge is 0.315 e. The predicted molar refractivity (Wildman–Crippen MR) is 276 cm³/mol. The van der Waals surface area contributed by atoms with Crippen molar-refractivity contribution < 1.29 is 38.4 Å². The van der Waals surface area contributed by atoms with E-state index in [0.29, 0.717) is 50.9 Å². The molecule has 2 fully saturated rings. The predicted octanol–water partition coefficient (Wildman–Crippen LogP) is -4.75. The number of thioether (sulfide) groups is 1. The fourth-order valence-corrected chi connectivity index (χ4v) is 9.38. The molecular weight excluding hydrogens is 957 g/mol. The first-order valence-corrected chi connectivity index (χ1v) is 25.4. The number of primary amides is 1. The molecule has 24 N–H and O–H groups in total. The molecule has 2 saturated heterocycles. The maximum Gasteiger partial charge on any atom is 0.315 e. The van der Waals surface area contributed by atoms with Crippen LogP contribution in [0.5, 0.6) is 0 Å². The second kappa shape index (κ2) is 33.7. The number of hydrogen-bond donors (Lipinski definition) is 16. The Morgan fingerprint density at radius 1 is 0.556 bits per heavy atom. The van der Waals surface area contributed by atoms with E-state index in [1.54, 1.807) is 18.7 Å². The minimum Gasteiger partial charge on any atom is -0.388 e. The molecule has 2 heterocycles. The Morgan fingerprint density at radius 2 is 1.01 bits per heavy atom. The molecule has 0 aromatic carbocycles. The van der Waals surface area contributed by atoms with Crippen LogP contribution < -0.4 is 88.4 Å². The number of rotatable bonds is 36. The van der Waals surface area contributed by atoms with E-state index in [2.05, 4.69) is 62.5 Å². The van der Waals surface area contributed by atoms with E-state index >= 15 is 0 Å². The van der Waals surface area contributed by atoms with Crippen molar-refractivity contribution in [1.82, 2.24) is 42.5 Å². The standard InChI is InChI=1S/C43H80N20O8S/c1-24(44)52-19-7-13-28(57-25(2)64)37(68)60-27(12-8-20-54-40(46)47)36(67)53-18-6-5-11-26(35(45)66)59-39(70)30(15-10-22-56-42(50)51)61-38(69)29(14-9-21-55-41(48)49)58-33(65)17-4-3-16-32-34-31(23-72-32)62-43(71)63-34/h26-32,34H,3-23H2,1-2H3,(H2,44,52)(H2,45,66)(H,53,67)(H,57,64)(H,58,65)(H,59,70)(H,60,68)(H,61,69)(H4,46,47,54)(H4,48,49,55)(H4,50,51,56)(H2,62,63,71)/t26-,27-,28-,29-,30-,31-,32-,34-/m0/s1. The molecule has 28 nitrogen and oxygen atoms in total. The summed E-state index contributed by atoms with van der Waals surface area (Å²) in [7, 11) is 0. The highest BCUT2D eigenvalue weighted by Gasteiger charge is 2.42. The van der Waals surface area contributed by atoms with Gasteiger partial charge in [-0.05, 0) is 90.4 Å². The summed E-state index contributed by atoms with van der Waals surface area (Å²) in [6, 6.07) is -5.48. The summed E-state index contributed by atoms with van der Waals surface area (Å²) >= 11 is 1.78. The van der Waals surface area contributed by atoms with E-state index in [9.17, 15) is 38.4 Å². The monoisotopic (exact) mass is 1040 g/mol. The molecule has 0 bridgehead atoms. The zero-order chi connectivity index (χ0) is 53.6. The van der Waals surface area contributed by atoms with Crippen LogP contribution in [0.2, 0.25) is 0 Å². The number of amidine groups is 1. The molecular formula is C43H80N20O8S. The number of aliphatic imine (C=N–C) groups is 4. The molecule has 72 heavy (non-hydrogen) atoms. The summed E-state index contributed by atoms with van der Waals surface area (Å²) in [5.74, 6) is -3.38. The molecule has 0 aromatic rings. The van der Waals surface area contributed by atoms with Gasteiger partial charge in [0.1, 0.15) is 30.2 Å². The quantitative estimate of drug-likeness (QED) is 0.0121. The summed E-state index contributed by atoms with van der Waals surface area (Å²) in [6.07, 6.45) is 4.74. The number of unbranched alkanes of at least 4 members (excludes halogenated alkanes) is 2. The number of nitrogens with zero attached hydrogens (tertiary/aromatic N) is 4. The van der Waals surface area contributed by atoms with Crippen molar-refractivity contribution in [3.63, 3.8) is 0 Å². The van der Waals surface area contributed by atoms with E-state index in [0.717, 1.165) is 18.6 Å². The lowest BCUT2D eigenvalue weighted by molar-refractivity contribution is -0.133. The van der Waals surface area contributed by atoms with Crippen LogP contribution in [0.3, 0.4) is 0 Å². The van der Waals surface area contributed by atoms with E-state index < -0.39 is 65.7 Å². The molecule has 0 aromatic heterocycles. The highest BCUT2D eigenvalue weighted by atomic mass is 32.2. The third-order valence-corrected chi connectivity index (χ3v) is 12.9. The van der Waals surface area contributed by atoms with Crippen LogP contribution in [0, 0.1) is 0 Å². The van der Waals surface area contributed by atoms with Crippen LogP contribution in [0.1, 0.15) is 110 Å². The first-order valence-electron chi connectivity index (χ1n) is 24.3. The molecule has 0 aliphatic carbocycles. The third kappa shape index (κ3) is 25.9. The molecule has 2 aliphatic rings. The molecule has 0 radical (unpaired) electrons. The molecule has 0 unspecified atom stereocenters. The van der Waals surface area contributed by atoms with Gasteiger partial charge in [-0.1, -0.05) is 6.42 Å². The lowest BCUT2D eigenvalue weighted by atomic mass is 10.0. The van der Waals surface area contributed by atoms with Gasteiger partial charge in [-0.15, -0.1) is 0 Å². The van der Waals surface area contributed by atoms with Gasteiger partial charge < -0.3 is 88.4 Å². The maximum absolute atomic E-state index is 13.9. The van der Waals surface area contributed by atoms with Gasteiger partial charge in [-0.25, -0.2) is 4.79 Å². The van der Waals surface area contributed by atoms with Crippen molar-refractivity contribution >= 4 is 82.9 Å². The van der Waals surface area contributed by atoms with Crippen LogP contribution in [-0.4, -0.2) is 157 Å². The first kappa shape index (κ1) is 61.3. The summed E-state index contributed by atoms with van der Waals surface area (Å²) < 4.78 is 0. The van der Waals surface area contributed by atoms with Gasteiger partial charge in [0.25, 0.3) is 0 Å². The van der Waals surface area contributed by atoms with Crippen LogP contribution in [0.25, 0.3) is 0 Å². The van der Waals surface area contributed by atoms with E-state index in [1.807, 2.05) is 0 Å². The average molecular weight is 1040 g/mol. The fraction of sp³-hybridized carbons (Fsp3) is 0.721. The molecule has 0 saturated carbocycles. The highest BCUT2D eigenvalue weighted by molar-refractivity contribution is 8.00. The lowest BCUT2D eigenvalue weighted by Gasteiger charge is -2.25. The van der Waals surface area contributed by atoms with Gasteiger partial charge in [0.05, 0.1) is 17.9 Å². The zero-order valence-corrected chi connectivity index (χ0v) is 42.4. The van der Waals surface area contributed by atoms with Gasteiger partial charge >= 0.3 is 6.03 Å². The number of fused-ring (bicyclic) bond motifs is 1. The molecule has 29 heteroatoms. The number of amides is 9. The Kier molecular flexibility index (Phi) is 28.7. The topological polar surface area (TPSA) is 490 Å². The number of nitrogens with two attached hydrogens (primary N) is 8. The normalized spacial score (nSPS) is 17.9. The fourth-order valence-electron chi connectivity index (χ4n) is 7.83. The Bertz CT molecular complexity index is 1920. The van der Waals surface area contributed by atoms with E-state index in [4.69, 9.17) is 45.9 Å². The van der Waals surface area contributed by atoms with Crippen LogP contribution in [0.4, 0.5) is 4.79 Å². The highest BCUT2D eigenvalue weighted by Crippen LogP contribution is 2.33. The summed E-state index contributed by atoms with van der Waals surface area (Å²) in [6.45, 7) is 3.84. The van der Waals surface area contributed by atoms with Crippen molar-refractivity contribution in [1.29, 1.82) is 0 Å². The zero-order valence-electron chi connectivity index (χ0n) is 41.5. The number of nitrogens with one attached hydrogen (secondary N) is 8. The Morgan fingerprint density at radius 3 is 1.50 bits per heavy atom. The average Bonchev–Trinajstić information content (AvgIpc) is 3.86. The second-order valence-electron chi connectivity index (χ2n) is 17.6. The Hall–Kier alpha value is -6.81. The van der Waals surface area contributed by atoms with Crippen molar-refractivity contribution in [2.24, 2.45) is 65.8 Å². The molecule has 406 valence electrons. The van der Waals surface area contributed by atoms with Gasteiger partial charge in [-0.3, -0.25) is 53.5 Å². The van der Waals surface area contributed by atoms with Crippen LogP contribution >= 0.6 is 11.8 Å². The molecule has 2 rings (SSSR count). The number of guanidine groups is 3. The number of urea groups is 1. The van der Waals surface area contributed by atoms with Gasteiger partial charge in [0.2, 0.25) is 41.4 Å². The summed E-state index contributed by atoms with van der Waals surface area (Å²) in [4.78, 5) is 120. The van der Waals surface area contributed by atoms with Gasteiger partial charge in [-0.2, -0.15) is 11.8 Å². The summed E-state index contributed by atoms with van der Waals surface area (Å²) in [5, 5.41) is 22.3. The van der Waals surface area contributed by atoms with Crippen molar-refractivity contribution in [2.75, 3.05) is 38.5 Å². The van der Waals surface area contributed by atoms with E-state index in [1.165, 1.54) is 6.92 Å². The van der Waals surface area contributed by atoms with Crippen LogP contribution in [0.15, 0.2) is 20.0 Å². The molecule has 0 spiro atoms. The van der Waals surface area contributed by atoms with E-state index in [-0.39, 0.29) is 118 Å². The minimum atomic E-state index is -1.21. The van der Waals surface area contributed by atoms with Crippen LogP contribution in [-0.2, 0) is 33.6 Å². The molecule has 9 amide bonds. The number of hydrogen-bond acceptors (Lipinski definition) is 13. The maximum atomic E-state index is 13.9. The van der Waals surface area contributed by atoms with Crippen molar-refractivity contribution in [3.05, 3.63) is 0 Å². The SMILES string of the molecule is CC(=O)N[C@@H](CCCN=C(C)N)C(=O)N[C@@H](CCCN=C(N)N)C(=O)NCCCC[C@H](NC(=O)[C@H](CCCN=C(N)N)NC(=O)[C@H](CCCN=C(N)N)NC(=O)CCCC[C@@H]1SC[C@@H]2NC(=O)N[C@@H]21)C(N)=O. The Labute approximate surface area is 424 Å². The number of carbonyl (C=O) groups is 8. The van der Waals surface area contributed by atoms with Crippen molar-refractivity contribution in [2.45, 2.75) is 158 Å². The Balaban J connectivity index is 2.08. The third-order valence-electron chi connectivity index (χ3n) is 11.4. The minimum absolute atomic E-state index is 0.0370. The lowest BCUT2D eigenvalue weighted by Crippen LogP contribution is -2.56. The first-order chi connectivity index (χ1) is 34.2.